The van der Waals surface area contributed by atoms with E-state index in [9.17, 15) is 31.1 Å². The maximum atomic E-state index is 13.6. The summed E-state index contributed by atoms with van der Waals surface area (Å²) >= 11 is 6.22. The van der Waals surface area contributed by atoms with Gasteiger partial charge in [-0.25, -0.2) is 4.68 Å². The molecule has 0 bridgehead atoms. The minimum absolute atomic E-state index is 0.0378. The molecule has 1 fully saturated rings. The minimum atomic E-state index is -4.70. The van der Waals surface area contributed by atoms with Gasteiger partial charge < -0.3 is 4.90 Å². The first-order chi connectivity index (χ1) is 18.4. The fraction of sp³-hybridized carbons (Fsp3) is 0.214. The molecule has 1 unspecified atom stereocenters. The average Bonchev–Trinajstić information content (AvgIpc) is 3.56. The predicted octanol–water partition coefficient (Wildman–Crippen LogP) is 8.21. The maximum Gasteiger partial charge on any atom is 0.435 e. The summed E-state index contributed by atoms with van der Waals surface area (Å²) in [6, 6.07) is 17.5. The number of halogens is 7. The molecule has 11 heteroatoms. The first-order valence-corrected chi connectivity index (χ1v) is 12.3. The molecule has 1 aliphatic heterocycles. The molecule has 1 aliphatic rings. The summed E-state index contributed by atoms with van der Waals surface area (Å²) in [5, 5.41) is 3.92. The summed E-state index contributed by atoms with van der Waals surface area (Å²) in [4.78, 5) is 14.8. The number of amides is 1. The molecule has 0 radical (unpaired) electrons. The van der Waals surface area contributed by atoms with Crippen LogP contribution >= 0.6 is 11.6 Å². The smallest absolute Gasteiger partial charge is 0.332 e. The summed E-state index contributed by atoms with van der Waals surface area (Å²) in [5.41, 5.74) is -0.958. The van der Waals surface area contributed by atoms with Crippen LogP contribution in [0.1, 0.15) is 46.1 Å². The first kappa shape index (κ1) is 26.8. The Balaban J connectivity index is 1.48. The van der Waals surface area contributed by atoms with Gasteiger partial charge in [-0.1, -0.05) is 54.1 Å². The number of hydrogen-bond donors (Lipinski definition) is 0. The molecule has 39 heavy (non-hydrogen) atoms. The highest BCUT2D eigenvalue weighted by Crippen LogP contribution is 2.41. The Labute approximate surface area is 224 Å². The lowest BCUT2D eigenvalue weighted by Gasteiger charge is -2.27. The number of benzene rings is 3. The molecule has 2 heterocycles. The van der Waals surface area contributed by atoms with Crippen LogP contribution in [0.4, 0.5) is 26.3 Å². The van der Waals surface area contributed by atoms with Crippen molar-refractivity contribution in [3.63, 3.8) is 0 Å². The molecule has 1 atom stereocenters. The Morgan fingerprint density at radius 2 is 1.54 bits per heavy atom. The fourth-order valence-electron chi connectivity index (χ4n) is 4.86. The van der Waals surface area contributed by atoms with Crippen molar-refractivity contribution in [1.82, 2.24) is 14.7 Å². The Bertz CT molecular complexity index is 1510. The van der Waals surface area contributed by atoms with Gasteiger partial charge in [0.1, 0.15) is 0 Å². The van der Waals surface area contributed by atoms with Gasteiger partial charge in [-0.15, -0.1) is 0 Å². The maximum absolute atomic E-state index is 13.6. The number of nitrogens with zero attached hydrogens (tertiary/aromatic N) is 3. The van der Waals surface area contributed by atoms with Crippen LogP contribution in [0.15, 0.2) is 78.9 Å². The van der Waals surface area contributed by atoms with Gasteiger partial charge in [-0.2, -0.15) is 31.4 Å². The van der Waals surface area contributed by atoms with Crippen LogP contribution in [0.2, 0.25) is 5.02 Å². The summed E-state index contributed by atoms with van der Waals surface area (Å²) in [5.74, 6) is -0.461. The Morgan fingerprint density at radius 1 is 0.872 bits per heavy atom. The molecule has 5 rings (SSSR count). The van der Waals surface area contributed by atoms with Crippen LogP contribution < -0.4 is 0 Å². The van der Waals surface area contributed by atoms with Crippen molar-refractivity contribution in [3.05, 3.63) is 106 Å². The third-order valence-corrected chi connectivity index (χ3v) is 6.97. The second-order valence-electron chi connectivity index (χ2n) is 9.09. The van der Waals surface area contributed by atoms with Gasteiger partial charge in [0.2, 0.25) is 0 Å². The van der Waals surface area contributed by atoms with Gasteiger partial charge in [0, 0.05) is 17.7 Å². The third-order valence-electron chi connectivity index (χ3n) is 6.65. The highest BCUT2D eigenvalue weighted by atomic mass is 35.5. The number of rotatable bonds is 4. The van der Waals surface area contributed by atoms with Gasteiger partial charge in [-0.3, -0.25) is 4.79 Å². The van der Waals surface area contributed by atoms with Crippen LogP contribution in [0, 0.1) is 0 Å². The van der Waals surface area contributed by atoms with E-state index >= 15 is 0 Å². The van der Waals surface area contributed by atoms with Crippen molar-refractivity contribution in [3.8, 4) is 16.9 Å². The molecule has 4 aromatic rings. The van der Waals surface area contributed by atoms with Crippen molar-refractivity contribution in [2.45, 2.75) is 31.2 Å². The normalized spacial score (nSPS) is 16.1. The van der Waals surface area contributed by atoms with E-state index in [1.165, 1.54) is 59.5 Å². The lowest BCUT2D eigenvalue weighted by Crippen LogP contribution is -2.31. The Hall–Kier alpha value is -3.79. The molecule has 4 nitrogen and oxygen atoms in total. The van der Waals surface area contributed by atoms with Crippen molar-refractivity contribution >= 4 is 17.5 Å². The van der Waals surface area contributed by atoms with E-state index in [2.05, 4.69) is 5.10 Å². The van der Waals surface area contributed by atoms with Gasteiger partial charge in [-0.05, 0) is 54.8 Å². The van der Waals surface area contributed by atoms with Gasteiger partial charge in [0.25, 0.3) is 5.91 Å². The van der Waals surface area contributed by atoms with Crippen LogP contribution in [-0.2, 0) is 12.4 Å². The molecular formula is C28H20ClF6N3O. The average molecular weight is 564 g/mol. The lowest BCUT2D eigenvalue weighted by molar-refractivity contribution is -0.141. The van der Waals surface area contributed by atoms with Crippen molar-refractivity contribution in [2.24, 2.45) is 0 Å². The van der Waals surface area contributed by atoms with Gasteiger partial charge in [0.15, 0.2) is 5.69 Å². The monoisotopic (exact) mass is 563 g/mol. The fourth-order valence-corrected chi connectivity index (χ4v) is 5.08. The van der Waals surface area contributed by atoms with E-state index in [4.69, 9.17) is 11.6 Å². The summed E-state index contributed by atoms with van der Waals surface area (Å²) in [6.45, 7) is 0.283. The number of hydrogen-bond acceptors (Lipinski definition) is 2. The number of carbonyl (C=O) groups is 1. The van der Waals surface area contributed by atoms with E-state index in [1.807, 2.05) is 0 Å². The van der Waals surface area contributed by atoms with Gasteiger partial charge >= 0.3 is 12.4 Å². The quantitative estimate of drug-likeness (QED) is 0.235. The topological polar surface area (TPSA) is 38.1 Å². The Morgan fingerprint density at radius 3 is 2.21 bits per heavy atom. The number of alkyl halides is 6. The third kappa shape index (κ3) is 5.25. The Kier molecular flexibility index (Phi) is 6.92. The van der Waals surface area contributed by atoms with Crippen LogP contribution in [0.5, 0.6) is 0 Å². The molecule has 0 spiro atoms. The highest BCUT2D eigenvalue weighted by molar-refractivity contribution is 6.32. The molecule has 1 aromatic heterocycles. The first-order valence-electron chi connectivity index (χ1n) is 11.9. The van der Waals surface area contributed by atoms with Gasteiger partial charge in [0.05, 0.1) is 28.0 Å². The van der Waals surface area contributed by atoms with Crippen molar-refractivity contribution in [2.75, 3.05) is 6.54 Å². The molecule has 0 saturated carbocycles. The second kappa shape index (κ2) is 10.1. The molecule has 0 N–H and O–H groups in total. The van der Waals surface area contributed by atoms with E-state index in [0.717, 1.165) is 16.8 Å². The predicted molar refractivity (Wildman–Crippen MR) is 133 cm³/mol. The van der Waals surface area contributed by atoms with Crippen LogP contribution in [-0.4, -0.2) is 27.1 Å². The van der Waals surface area contributed by atoms with Crippen LogP contribution in [0.3, 0.4) is 0 Å². The number of para-hydroxylation sites is 1. The lowest BCUT2D eigenvalue weighted by atomic mass is 9.97. The van der Waals surface area contributed by atoms with E-state index in [0.29, 0.717) is 18.4 Å². The van der Waals surface area contributed by atoms with E-state index < -0.39 is 35.6 Å². The SMILES string of the molecule is O=C(c1ccc(-c2cc(C(F)(F)F)nn2-c2ccccc2Cl)cc1)N1CCCC1c1ccccc1C(F)(F)F. The van der Waals surface area contributed by atoms with E-state index in [1.54, 1.807) is 12.1 Å². The largest absolute Gasteiger partial charge is 0.435 e. The zero-order valence-corrected chi connectivity index (χ0v) is 20.9. The van der Waals surface area contributed by atoms with Crippen molar-refractivity contribution in [1.29, 1.82) is 0 Å². The minimum Gasteiger partial charge on any atom is -0.332 e. The number of carbonyl (C=O) groups excluding carboxylic acids is 1. The molecule has 202 valence electrons. The standard InChI is InChI=1S/C28H20ClF6N3O/c29-21-8-3-4-9-23(21)38-24(16-25(36-38)28(33,34)35)17-11-13-18(14-12-17)26(39)37-15-5-10-22(37)19-6-1-2-7-20(19)27(30,31)32/h1-4,6-9,11-14,16,22H,5,10,15H2. The molecule has 0 aliphatic carbocycles. The zero-order chi connectivity index (χ0) is 27.9. The van der Waals surface area contributed by atoms with E-state index in [-0.39, 0.29) is 34.1 Å². The molecule has 3 aromatic carbocycles. The molecule has 1 saturated heterocycles. The summed E-state index contributed by atoms with van der Waals surface area (Å²) < 4.78 is 82.5. The summed E-state index contributed by atoms with van der Waals surface area (Å²) in [6.07, 6.45) is -8.34. The zero-order valence-electron chi connectivity index (χ0n) is 20.1. The van der Waals surface area contributed by atoms with Crippen molar-refractivity contribution < 1.29 is 31.1 Å². The number of likely N-dealkylation sites (tertiary alicyclic amines) is 1. The molecule has 1 amide bonds. The molecular weight excluding hydrogens is 544 g/mol. The van der Waals surface area contributed by atoms with Crippen LogP contribution in [0.25, 0.3) is 16.9 Å². The highest BCUT2D eigenvalue weighted by Gasteiger charge is 2.39. The summed E-state index contributed by atoms with van der Waals surface area (Å²) in [7, 11) is 0. The number of aromatic nitrogens is 2. The second-order valence-corrected chi connectivity index (χ2v) is 9.50.